The highest BCUT2D eigenvalue weighted by Gasteiger charge is 2.14. The maximum atomic E-state index is 12.5. The maximum absolute atomic E-state index is 12.5. The minimum Gasteiger partial charge on any atom is -0.372 e. The standard InChI is InChI=1S/C20H24N2O/c1-21(16-17-8-4-2-5-9-17)20(23)18-10-12-19(13-11-18)22-14-6-3-7-15-22/h2,4-5,8-13H,3,6-7,14-16H2,1H3. The van der Waals surface area contributed by atoms with Gasteiger partial charge in [0.15, 0.2) is 0 Å². The Bertz CT molecular complexity index is 630. The van der Waals surface area contributed by atoms with Crippen molar-refractivity contribution in [3.05, 3.63) is 65.7 Å². The van der Waals surface area contributed by atoms with E-state index in [0.717, 1.165) is 24.2 Å². The minimum absolute atomic E-state index is 0.0686. The Morgan fingerprint density at radius 2 is 1.61 bits per heavy atom. The summed E-state index contributed by atoms with van der Waals surface area (Å²) in [6, 6.07) is 18.1. The van der Waals surface area contributed by atoms with Crippen LogP contribution >= 0.6 is 0 Å². The van der Waals surface area contributed by atoms with E-state index in [9.17, 15) is 4.79 Å². The van der Waals surface area contributed by atoms with Crippen LogP contribution in [0.3, 0.4) is 0 Å². The molecule has 2 aromatic carbocycles. The molecule has 0 saturated carbocycles. The van der Waals surface area contributed by atoms with E-state index in [1.165, 1.54) is 24.9 Å². The number of amides is 1. The first-order valence-electron chi connectivity index (χ1n) is 8.38. The predicted octanol–water partition coefficient (Wildman–Crippen LogP) is 3.95. The number of rotatable bonds is 4. The van der Waals surface area contributed by atoms with Crippen LogP contribution in [0.1, 0.15) is 35.2 Å². The molecule has 0 aromatic heterocycles. The minimum atomic E-state index is 0.0686. The van der Waals surface area contributed by atoms with E-state index in [-0.39, 0.29) is 5.91 Å². The van der Waals surface area contributed by atoms with Gasteiger partial charge in [-0.3, -0.25) is 4.79 Å². The zero-order valence-corrected chi connectivity index (χ0v) is 13.7. The number of carbonyl (C=O) groups excluding carboxylic acids is 1. The fourth-order valence-electron chi connectivity index (χ4n) is 3.12. The van der Waals surface area contributed by atoms with Crippen molar-refractivity contribution in [2.24, 2.45) is 0 Å². The molecular formula is C20H24N2O. The molecule has 1 aliphatic heterocycles. The highest BCUT2D eigenvalue weighted by atomic mass is 16.2. The lowest BCUT2D eigenvalue weighted by atomic mass is 10.1. The smallest absolute Gasteiger partial charge is 0.253 e. The second-order valence-corrected chi connectivity index (χ2v) is 6.24. The van der Waals surface area contributed by atoms with E-state index < -0.39 is 0 Å². The molecule has 2 aromatic rings. The van der Waals surface area contributed by atoms with Gasteiger partial charge in [-0.1, -0.05) is 30.3 Å². The van der Waals surface area contributed by atoms with Crippen LogP contribution in [0.5, 0.6) is 0 Å². The lowest BCUT2D eigenvalue weighted by molar-refractivity contribution is 0.0785. The van der Waals surface area contributed by atoms with E-state index in [1.807, 2.05) is 49.5 Å². The Balaban J connectivity index is 1.65. The molecule has 0 spiro atoms. The van der Waals surface area contributed by atoms with Crippen molar-refractivity contribution in [1.82, 2.24) is 4.90 Å². The number of hydrogen-bond acceptors (Lipinski definition) is 2. The summed E-state index contributed by atoms with van der Waals surface area (Å²) < 4.78 is 0. The molecule has 3 nitrogen and oxygen atoms in total. The largest absolute Gasteiger partial charge is 0.372 e. The Morgan fingerprint density at radius 3 is 2.26 bits per heavy atom. The quantitative estimate of drug-likeness (QED) is 0.854. The van der Waals surface area contributed by atoms with Gasteiger partial charge in [0.1, 0.15) is 0 Å². The normalized spacial score (nSPS) is 14.6. The highest BCUT2D eigenvalue weighted by Crippen LogP contribution is 2.20. The van der Waals surface area contributed by atoms with Gasteiger partial charge in [-0.15, -0.1) is 0 Å². The fraction of sp³-hybridized carbons (Fsp3) is 0.350. The monoisotopic (exact) mass is 308 g/mol. The van der Waals surface area contributed by atoms with Gasteiger partial charge in [-0.25, -0.2) is 0 Å². The van der Waals surface area contributed by atoms with Gasteiger partial charge < -0.3 is 9.80 Å². The van der Waals surface area contributed by atoms with Crippen molar-refractivity contribution >= 4 is 11.6 Å². The van der Waals surface area contributed by atoms with Crippen LogP contribution < -0.4 is 4.90 Å². The molecule has 0 bridgehead atoms. The molecular weight excluding hydrogens is 284 g/mol. The number of carbonyl (C=O) groups is 1. The SMILES string of the molecule is CN(Cc1ccccc1)C(=O)c1ccc(N2CCCCC2)cc1. The van der Waals surface area contributed by atoms with Crippen LogP contribution in [0.2, 0.25) is 0 Å². The summed E-state index contributed by atoms with van der Waals surface area (Å²) in [6.07, 6.45) is 3.86. The zero-order chi connectivity index (χ0) is 16.1. The van der Waals surface area contributed by atoms with Crippen molar-refractivity contribution in [1.29, 1.82) is 0 Å². The Hall–Kier alpha value is -2.29. The molecule has 0 atom stereocenters. The molecule has 0 unspecified atom stereocenters. The number of benzene rings is 2. The number of piperidine rings is 1. The maximum Gasteiger partial charge on any atom is 0.253 e. The van der Waals surface area contributed by atoms with Crippen molar-refractivity contribution in [2.45, 2.75) is 25.8 Å². The first kappa shape index (κ1) is 15.6. The van der Waals surface area contributed by atoms with Crippen molar-refractivity contribution in [2.75, 3.05) is 25.0 Å². The average Bonchev–Trinajstić information content (AvgIpc) is 2.63. The van der Waals surface area contributed by atoms with Gasteiger partial charge in [0.2, 0.25) is 0 Å². The molecule has 1 fully saturated rings. The molecule has 1 aliphatic rings. The van der Waals surface area contributed by atoms with Crippen LogP contribution in [-0.4, -0.2) is 30.9 Å². The fourth-order valence-corrected chi connectivity index (χ4v) is 3.12. The summed E-state index contributed by atoms with van der Waals surface area (Å²) in [7, 11) is 1.86. The molecule has 3 rings (SSSR count). The molecule has 3 heteroatoms. The van der Waals surface area contributed by atoms with Gasteiger partial charge in [0, 0.05) is 37.9 Å². The molecule has 0 radical (unpaired) electrons. The predicted molar refractivity (Wildman–Crippen MR) is 94.7 cm³/mol. The molecule has 1 heterocycles. The molecule has 1 saturated heterocycles. The summed E-state index contributed by atoms with van der Waals surface area (Å²) >= 11 is 0. The number of anilines is 1. The first-order valence-corrected chi connectivity index (χ1v) is 8.38. The average molecular weight is 308 g/mol. The van der Waals surface area contributed by atoms with Crippen molar-refractivity contribution < 1.29 is 4.79 Å². The Kier molecular flexibility index (Phi) is 4.96. The van der Waals surface area contributed by atoms with Crippen LogP contribution in [0.4, 0.5) is 5.69 Å². The van der Waals surface area contributed by atoms with Crippen LogP contribution in [0.25, 0.3) is 0 Å². The van der Waals surface area contributed by atoms with E-state index in [0.29, 0.717) is 6.54 Å². The van der Waals surface area contributed by atoms with E-state index in [2.05, 4.69) is 17.0 Å². The van der Waals surface area contributed by atoms with Gasteiger partial charge in [-0.2, -0.15) is 0 Å². The molecule has 23 heavy (non-hydrogen) atoms. The molecule has 0 N–H and O–H groups in total. The molecule has 0 aliphatic carbocycles. The summed E-state index contributed by atoms with van der Waals surface area (Å²) in [5, 5.41) is 0. The van der Waals surface area contributed by atoms with Gasteiger partial charge in [0.05, 0.1) is 0 Å². The van der Waals surface area contributed by atoms with Crippen molar-refractivity contribution in [3.63, 3.8) is 0 Å². The highest BCUT2D eigenvalue weighted by molar-refractivity contribution is 5.94. The zero-order valence-electron chi connectivity index (χ0n) is 13.7. The van der Waals surface area contributed by atoms with Gasteiger partial charge in [0.25, 0.3) is 5.91 Å². The van der Waals surface area contributed by atoms with Crippen LogP contribution in [-0.2, 0) is 6.54 Å². The third-order valence-corrected chi connectivity index (χ3v) is 4.44. The summed E-state index contributed by atoms with van der Waals surface area (Å²) in [5.74, 6) is 0.0686. The lowest BCUT2D eigenvalue weighted by Crippen LogP contribution is -2.29. The third-order valence-electron chi connectivity index (χ3n) is 4.44. The third kappa shape index (κ3) is 3.92. The van der Waals surface area contributed by atoms with E-state index in [4.69, 9.17) is 0 Å². The van der Waals surface area contributed by atoms with E-state index >= 15 is 0 Å². The lowest BCUT2D eigenvalue weighted by Gasteiger charge is -2.29. The number of nitrogens with zero attached hydrogens (tertiary/aromatic N) is 2. The van der Waals surface area contributed by atoms with Crippen LogP contribution in [0, 0.1) is 0 Å². The van der Waals surface area contributed by atoms with Crippen LogP contribution in [0.15, 0.2) is 54.6 Å². The van der Waals surface area contributed by atoms with Gasteiger partial charge >= 0.3 is 0 Å². The number of hydrogen-bond donors (Lipinski definition) is 0. The molecule has 120 valence electrons. The van der Waals surface area contributed by atoms with Crippen molar-refractivity contribution in [3.8, 4) is 0 Å². The van der Waals surface area contributed by atoms with Gasteiger partial charge in [-0.05, 0) is 49.1 Å². The second-order valence-electron chi connectivity index (χ2n) is 6.24. The first-order chi connectivity index (χ1) is 11.2. The van der Waals surface area contributed by atoms with E-state index in [1.54, 1.807) is 4.90 Å². The Labute approximate surface area is 138 Å². The Morgan fingerprint density at radius 1 is 0.957 bits per heavy atom. The second kappa shape index (κ2) is 7.32. The summed E-state index contributed by atoms with van der Waals surface area (Å²) in [5.41, 5.74) is 3.13. The topological polar surface area (TPSA) is 23.6 Å². The summed E-state index contributed by atoms with van der Waals surface area (Å²) in [4.78, 5) is 16.7. The summed E-state index contributed by atoms with van der Waals surface area (Å²) in [6.45, 7) is 2.88. The molecule has 1 amide bonds.